The molecule has 2 heterocycles. The fraction of sp³-hybridized carbons (Fsp3) is 0.333. The Morgan fingerprint density at radius 2 is 2.04 bits per heavy atom. The average Bonchev–Trinajstić information content (AvgIpc) is 3.18. The Morgan fingerprint density at radius 1 is 1.24 bits per heavy atom. The first-order valence-corrected chi connectivity index (χ1v) is 8.25. The lowest BCUT2D eigenvalue weighted by molar-refractivity contribution is -0.121. The Morgan fingerprint density at radius 3 is 2.76 bits per heavy atom. The van der Waals surface area contributed by atoms with Gasteiger partial charge in [0.2, 0.25) is 5.91 Å². The number of amides is 3. The first-order chi connectivity index (χ1) is 12.0. The summed E-state index contributed by atoms with van der Waals surface area (Å²) in [6.07, 6.45) is 3.96. The SMILES string of the molecule is Cn1cccc1[C@@H]1CCCN1CC(=O)NC(=O)Nc1ccccc1F. The minimum Gasteiger partial charge on any atom is -0.353 e. The zero-order chi connectivity index (χ0) is 17.8. The third-order valence-electron chi connectivity index (χ3n) is 4.41. The molecule has 1 aromatic heterocycles. The first-order valence-electron chi connectivity index (χ1n) is 8.25. The van der Waals surface area contributed by atoms with Gasteiger partial charge in [-0.2, -0.15) is 0 Å². The number of para-hydroxylation sites is 1. The van der Waals surface area contributed by atoms with E-state index in [2.05, 4.69) is 15.5 Å². The molecule has 6 nitrogen and oxygen atoms in total. The van der Waals surface area contributed by atoms with Gasteiger partial charge in [-0.1, -0.05) is 12.1 Å². The molecular weight excluding hydrogens is 323 g/mol. The lowest BCUT2D eigenvalue weighted by Gasteiger charge is -2.24. The first kappa shape index (κ1) is 17.2. The van der Waals surface area contributed by atoms with Crippen molar-refractivity contribution in [1.82, 2.24) is 14.8 Å². The van der Waals surface area contributed by atoms with Crippen LogP contribution < -0.4 is 10.6 Å². The number of rotatable bonds is 4. The van der Waals surface area contributed by atoms with Gasteiger partial charge >= 0.3 is 6.03 Å². The molecule has 3 amide bonds. The summed E-state index contributed by atoms with van der Waals surface area (Å²) < 4.78 is 15.6. The summed E-state index contributed by atoms with van der Waals surface area (Å²) >= 11 is 0. The monoisotopic (exact) mass is 344 g/mol. The molecular formula is C18H21FN4O2. The van der Waals surface area contributed by atoms with Gasteiger partial charge in [-0.3, -0.25) is 15.0 Å². The molecule has 2 N–H and O–H groups in total. The van der Waals surface area contributed by atoms with Crippen LogP contribution in [0.3, 0.4) is 0 Å². The molecule has 25 heavy (non-hydrogen) atoms. The van der Waals surface area contributed by atoms with Gasteiger partial charge in [-0.25, -0.2) is 9.18 Å². The predicted molar refractivity (Wildman–Crippen MR) is 92.5 cm³/mol. The summed E-state index contributed by atoms with van der Waals surface area (Å²) in [7, 11) is 1.98. The highest BCUT2D eigenvalue weighted by molar-refractivity contribution is 6.01. The number of nitrogens with one attached hydrogen (secondary N) is 2. The molecule has 0 bridgehead atoms. The maximum atomic E-state index is 13.5. The van der Waals surface area contributed by atoms with Crippen LogP contribution in [0.2, 0.25) is 0 Å². The van der Waals surface area contributed by atoms with Crippen LogP contribution in [0.15, 0.2) is 42.6 Å². The number of carbonyl (C=O) groups is 2. The molecule has 1 aromatic carbocycles. The number of anilines is 1. The smallest absolute Gasteiger partial charge is 0.326 e. The lowest BCUT2D eigenvalue weighted by atomic mass is 10.1. The van der Waals surface area contributed by atoms with Crippen molar-refractivity contribution in [3.63, 3.8) is 0 Å². The molecule has 0 saturated carbocycles. The van der Waals surface area contributed by atoms with Crippen LogP contribution >= 0.6 is 0 Å². The van der Waals surface area contributed by atoms with Crippen LogP contribution in [-0.2, 0) is 11.8 Å². The van der Waals surface area contributed by atoms with Gasteiger partial charge < -0.3 is 9.88 Å². The molecule has 132 valence electrons. The van der Waals surface area contributed by atoms with Crippen molar-refractivity contribution in [2.45, 2.75) is 18.9 Å². The molecule has 3 rings (SSSR count). The summed E-state index contributed by atoms with van der Waals surface area (Å²) in [6, 6.07) is 9.28. The summed E-state index contributed by atoms with van der Waals surface area (Å²) in [6.45, 7) is 0.929. The van der Waals surface area contributed by atoms with Crippen molar-refractivity contribution in [2.75, 3.05) is 18.4 Å². The van der Waals surface area contributed by atoms with Crippen LogP contribution in [-0.4, -0.2) is 34.5 Å². The third kappa shape index (κ3) is 4.06. The fourth-order valence-electron chi connectivity index (χ4n) is 3.24. The van der Waals surface area contributed by atoms with E-state index in [0.717, 1.165) is 25.1 Å². The summed E-state index contributed by atoms with van der Waals surface area (Å²) in [4.78, 5) is 26.1. The zero-order valence-electron chi connectivity index (χ0n) is 14.0. The molecule has 0 unspecified atom stereocenters. The Hall–Kier alpha value is -2.67. The minimum absolute atomic E-state index is 0.0376. The number of nitrogens with zero attached hydrogens (tertiary/aromatic N) is 2. The molecule has 1 atom stereocenters. The highest BCUT2D eigenvalue weighted by atomic mass is 19.1. The van der Waals surface area contributed by atoms with Crippen molar-refractivity contribution in [2.24, 2.45) is 7.05 Å². The molecule has 1 aliphatic rings. The van der Waals surface area contributed by atoms with E-state index in [4.69, 9.17) is 0 Å². The van der Waals surface area contributed by atoms with E-state index in [1.165, 1.54) is 18.2 Å². The maximum Gasteiger partial charge on any atom is 0.326 e. The molecule has 0 radical (unpaired) electrons. The summed E-state index contributed by atoms with van der Waals surface area (Å²) in [5, 5.41) is 4.60. The van der Waals surface area contributed by atoms with Gasteiger partial charge in [0.1, 0.15) is 5.82 Å². The van der Waals surface area contributed by atoms with Gasteiger partial charge in [0.25, 0.3) is 0 Å². The van der Waals surface area contributed by atoms with Crippen molar-refractivity contribution >= 4 is 17.6 Å². The highest BCUT2D eigenvalue weighted by Gasteiger charge is 2.29. The van der Waals surface area contributed by atoms with Crippen LogP contribution in [0, 0.1) is 5.82 Å². The average molecular weight is 344 g/mol. The molecule has 7 heteroatoms. The number of hydrogen-bond donors (Lipinski definition) is 2. The number of carbonyl (C=O) groups excluding carboxylic acids is 2. The maximum absolute atomic E-state index is 13.5. The Labute approximate surface area is 145 Å². The second-order valence-electron chi connectivity index (χ2n) is 6.15. The third-order valence-corrected chi connectivity index (χ3v) is 4.41. The lowest BCUT2D eigenvalue weighted by Crippen LogP contribution is -2.41. The quantitative estimate of drug-likeness (QED) is 0.896. The van der Waals surface area contributed by atoms with Crippen molar-refractivity contribution < 1.29 is 14.0 Å². The summed E-state index contributed by atoms with van der Waals surface area (Å²) in [5.74, 6) is -0.955. The van der Waals surface area contributed by atoms with E-state index in [1.54, 1.807) is 6.07 Å². The number of aryl methyl sites for hydroxylation is 1. The number of hydrogen-bond acceptors (Lipinski definition) is 3. The molecule has 1 saturated heterocycles. The second-order valence-corrected chi connectivity index (χ2v) is 6.15. The van der Waals surface area contributed by atoms with E-state index >= 15 is 0 Å². The van der Waals surface area contributed by atoms with Crippen molar-refractivity contribution in [1.29, 1.82) is 0 Å². The van der Waals surface area contributed by atoms with Gasteiger partial charge in [-0.05, 0) is 43.7 Å². The van der Waals surface area contributed by atoms with Gasteiger partial charge in [0.05, 0.1) is 18.3 Å². The molecule has 1 aliphatic heterocycles. The van der Waals surface area contributed by atoms with E-state index in [9.17, 15) is 14.0 Å². The standard InChI is InChI=1S/C18H21FN4O2/c1-22-10-4-8-15(22)16-9-5-11-23(16)12-17(24)21-18(25)20-14-7-3-2-6-13(14)19/h2-4,6-8,10,16H,5,9,11-12H2,1H3,(H2,20,21,24,25)/t16-/m0/s1. The van der Waals surface area contributed by atoms with Gasteiger partial charge in [0, 0.05) is 18.9 Å². The number of benzene rings is 1. The zero-order valence-corrected chi connectivity index (χ0v) is 14.0. The molecule has 2 aromatic rings. The van der Waals surface area contributed by atoms with Crippen molar-refractivity contribution in [3.05, 3.63) is 54.1 Å². The Balaban J connectivity index is 1.56. The minimum atomic E-state index is -0.732. The number of halogens is 1. The second kappa shape index (κ2) is 7.48. The van der Waals surface area contributed by atoms with Crippen LogP contribution in [0.25, 0.3) is 0 Å². The number of aromatic nitrogens is 1. The highest BCUT2D eigenvalue weighted by Crippen LogP contribution is 2.31. The predicted octanol–water partition coefficient (Wildman–Crippen LogP) is 2.65. The fourth-order valence-corrected chi connectivity index (χ4v) is 3.24. The van der Waals surface area contributed by atoms with E-state index < -0.39 is 17.8 Å². The van der Waals surface area contributed by atoms with Gasteiger partial charge in [0.15, 0.2) is 0 Å². The topological polar surface area (TPSA) is 66.4 Å². The van der Waals surface area contributed by atoms with Gasteiger partial charge in [-0.15, -0.1) is 0 Å². The normalized spacial score (nSPS) is 17.4. The molecule has 0 aliphatic carbocycles. The van der Waals surface area contributed by atoms with Crippen LogP contribution in [0.5, 0.6) is 0 Å². The Bertz CT molecular complexity index is 774. The summed E-state index contributed by atoms with van der Waals surface area (Å²) in [5.41, 5.74) is 1.19. The van der Waals surface area contributed by atoms with E-state index in [1.807, 2.05) is 29.9 Å². The van der Waals surface area contributed by atoms with E-state index in [0.29, 0.717) is 0 Å². The number of likely N-dealkylation sites (tertiary alicyclic amines) is 1. The van der Waals surface area contributed by atoms with Crippen LogP contribution in [0.1, 0.15) is 24.6 Å². The molecule has 1 fully saturated rings. The van der Waals surface area contributed by atoms with Crippen molar-refractivity contribution in [3.8, 4) is 0 Å². The number of urea groups is 1. The Kier molecular flexibility index (Phi) is 5.14. The van der Waals surface area contributed by atoms with Crippen LogP contribution in [0.4, 0.5) is 14.9 Å². The number of imide groups is 1. The van der Waals surface area contributed by atoms with E-state index in [-0.39, 0.29) is 18.3 Å². The molecule has 0 spiro atoms. The largest absolute Gasteiger partial charge is 0.353 e.